The summed E-state index contributed by atoms with van der Waals surface area (Å²) >= 11 is 0. The van der Waals surface area contributed by atoms with Gasteiger partial charge in [0.25, 0.3) is 11.6 Å². The summed E-state index contributed by atoms with van der Waals surface area (Å²) in [5.74, 6) is -0.816. The highest BCUT2D eigenvalue weighted by Crippen LogP contribution is 2.30. The van der Waals surface area contributed by atoms with Crippen molar-refractivity contribution in [2.75, 3.05) is 13.1 Å². The molecule has 192 valence electrons. The predicted molar refractivity (Wildman–Crippen MR) is 130 cm³/mol. The molecule has 4 rings (SSSR count). The Hall–Kier alpha value is -4.21. The van der Waals surface area contributed by atoms with Gasteiger partial charge in [0.2, 0.25) is 5.91 Å². The monoisotopic (exact) mass is 511 g/mol. The van der Waals surface area contributed by atoms with Gasteiger partial charge in [0, 0.05) is 30.8 Å². The van der Waals surface area contributed by atoms with Crippen LogP contribution in [0.3, 0.4) is 0 Å². The third kappa shape index (κ3) is 6.32. The molecule has 0 aliphatic carbocycles. The maximum atomic E-state index is 13.2. The summed E-state index contributed by atoms with van der Waals surface area (Å²) in [6.07, 6.45) is -3.39. The SMILES string of the molecule is O=C(c1ccc([N+](=O)[O-])cc1)N1CC(=O)N(Cc2cccc(C(F)(F)F)c2)[C@@H](CCc2ccccc2)C1. The van der Waals surface area contributed by atoms with E-state index in [1.165, 1.54) is 40.1 Å². The lowest BCUT2D eigenvalue weighted by Crippen LogP contribution is -2.57. The number of amides is 2. The van der Waals surface area contributed by atoms with Crippen LogP contribution in [0, 0.1) is 10.1 Å². The molecule has 0 radical (unpaired) electrons. The number of hydrogen-bond acceptors (Lipinski definition) is 4. The van der Waals surface area contributed by atoms with Crippen molar-refractivity contribution >= 4 is 17.5 Å². The van der Waals surface area contributed by atoms with E-state index in [4.69, 9.17) is 0 Å². The first kappa shape index (κ1) is 25.9. The molecule has 3 aromatic carbocycles. The summed E-state index contributed by atoms with van der Waals surface area (Å²) in [5, 5.41) is 10.9. The van der Waals surface area contributed by atoms with E-state index in [-0.39, 0.29) is 36.8 Å². The number of non-ortho nitro benzene ring substituents is 1. The van der Waals surface area contributed by atoms with Gasteiger partial charge in [0.15, 0.2) is 0 Å². The number of nitrogens with zero attached hydrogens (tertiary/aromatic N) is 3. The number of benzene rings is 3. The van der Waals surface area contributed by atoms with Crippen molar-refractivity contribution in [2.45, 2.75) is 31.6 Å². The lowest BCUT2D eigenvalue weighted by atomic mass is 9.99. The first-order valence-electron chi connectivity index (χ1n) is 11.6. The molecule has 1 saturated heterocycles. The highest BCUT2D eigenvalue weighted by atomic mass is 19.4. The van der Waals surface area contributed by atoms with Crippen LogP contribution in [0.15, 0.2) is 78.9 Å². The minimum Gasteiger partial charge on any atom is -0.332 e. The average molecular weight is 512 g/mol. The fraction of sp³-hybridized carbons (Fsp3) is 0.259. The zero-order chi connectivity index (χ0) is 26.6. The third-order valence-corrected chi connectivity index (χ3v) is 6.35. The summed E-state index contributed by atoms with van der Waals surface area (Å²) in [6.45, 7) is -0.0637. The number of carbonyl (C=O) groups excluding carboxylic acids is 2. The summed E-state index contributed by atoms with van der Waals surface area (Å²) in [4.78, 5) is 39.6. The number of alkyl halides is 3. The molecular weight excluding hydrogens is 487 g/mol. The van der Waals surface area contributed by atoms with Crippen LogP contribution in [0.2, 0.25) is 0 Å². The van der Waals surface area contributed by atoms with Gasteiger partial charge in [0.1, 0.15) is 6.54 Å². The summed E-state index contributed by atoms with van der Waals surface area (Å²) in [5.41, 5.74) is 0.659. The number of halogens is 3. The van der Waals surface area contributed by atoms with Gasteiger partial charge in [-0.1, -0.05) is 42.5 Å². The largest absolute Gasteiger partial charge is 0.416 e. The molecule has 10 heteroatoms. The van der Waals surface area contributed by atoms with E-state index in [0.717, 1.165) is 17.7 Å². The van der Waals surface area contributed by atoms with Crippen molar-refractivity contribution < 1.29 is 27.7 Å². The van der Waals surface area contributed by atoms with Gasteiger partial charge in [-0.2, -0.15) is 13.2 Å². The van der Waals surface area contributed by atoms with Gasteiger partial charge in [0.05, 0.1) is 16.5 Å². The van der Waals surface area contributed by atoms with Crippen LogP contribution in [-0.2, 0) is 23.9 Å². The third-order valence-electron chi connectivity index (χ3n) is 6.35. The van der Waals surface area contributed by atoms with Gasteiger partial charge in [-0.15, -0.1) is 0 Å². The zero-order valence-electron chi connectivity index (χ0n) is 19.7. The quantitative estimate of drug-likeness (QED) is 0.326. The number of rotatable bonds is 7. The normalized spacial score (nSPS) is 16.1. The molecule has 3 aromatic rings. The second kappa shape index (κ2) is 10.8. The van der Waals surface area contributed by atoms with Crippen LogP contribution in [0.25, 0.3) is 0 Å². The second-order valence-corrected chi connectivity index (χ2v) is 8.89. The minimum absolute atomic E-state index is 0.0121. The smallest absolute Gasteiger partial charge is 0.332 e. The highest BCUT2D eigenvalue weighted by Gasteiger charge is 2.36. The Bertz CT molecular complexity index is 1280. The fourth-order valence-electron chi connectivity index (χ4n) is 4.42. The Labute approximate surface area is 211 Å². The Balaban J connectivity index is 1.56. The van der Waals surface area contributed by atoms with Crippen molar-refractivity contribution in [3.05, 3.63) is 111 Å². The molecule has 0 aromatic heterocycles. The summed E-state index contributed by atoms with van der Waals surface area (Å²) in [6, 6.07) is 19.2. The molecular formula is C27H24F3N3O4. The fourth-order valence-corrected chi connectivity index (χ4v) is 4.42. The number of nitro groups is 1. The highest BCUT2D eigenvalue weighted by molar-refractivity contribution is 5.97. The maximum absolute atomic E-state index is 13.2. The molecule has 0 saturated carbocycles. The van der Waals surface area contributed by atoms with Crippen LogP contribution in [0.1, 0.15) is 33.5 Å². The first-order valence-corrected chi connectivity index (χ1v) is 11.6. The maximum Gasteiger partial charge on any atom is 0.416 e. The molecule has 37 heavy (non-hydrogen) atoms. The van der Waals surface area contributed by atoms with Crippen LogP contribution in [-0.4, -0.2) is 45.7 Å². The standard InChI is InChI=1S/C27H24F3N3O4/c28-27(29,30)22-8-4-7-20(15-22)16-32-24(12-9-19-5-2-1-3-6-19)17-31(18-25(32)34)26(35)21-10-13-23(14-11-21)33(36)37/h1-8,10-11,13-15,24H,9,12,16-18H2/t24-/m0/s1. The van der Waals surface area contributed by atoms with Crippen molar-refractivity contribution in [1.82, 2.24) is 9.80 Å². The molecule has 0 unspecified atom stereocenters. The molecule has 0 N–H and O–H groups in total. The van der Waals surface area contributed by atoms with E-state index in [2.05, 4.69) is 0 Å². The minimum atomic E-state index is -4.50. The van der Waals surface area contributed by atoms with Crippen LogP contribution in [0.4, 0.5) is 18.9 Å². The van der Waals surface area contributed by atoms with Gasteiger partial charge in [-0.3, -0.25) is 19.7 Å². The molecule has 0 bridgehead atoms. The first-order chi connectivity index (χ1) is 17.6. The van der Waals surface area contributed by atoms with Crippen molar-refractivity contribution in [3.63, 3.8) is 0 Å². The molecule has 2 amide bonds. The average Bonchev–Trinajstić information content (AvgIpc) is 2.88. The molecule has 0 spiro atoms. The molecule has 1 aliphatic heterocycles. The Morgan fingerprint density at radius 2 is 1.65 bits per heavy atom. The van der Waals surface area contributed by atoms with E-state index < -0.39 is 28.6 Å². The number of carbonyl (C=O) groups is 2. The van der Waals surface area contributed by atoms with Crippen molar-refractivity contribution in [2.24, 2.45) is 0 Å². The van der Waals surface area contributed by atoms with Gasteiger partial charge in [-0.05, 0) is 48.2 Å². The van der Waals surface area contributed by atoms with Crippen LogP contribution < -0.4 is 0 Å². The zero-order valence-corrected chi connectivity index (χ0v) is 19.7. The Morgan fingerprint density at radius 3 is 2.30 bits per heavy atom. The lowest BCUT2D eigenvalue weighted by molar-refractivity contribution is -0.384. The Kier molecular flexibility index (Phi) is 7.56. The summed E-state index contributed by atoms with van der Waals surface area (Å²) < 4.78 is 39.7. The lowest BCUT2D eigenvalue weighted by Gasteiger charge is -2.41. The van der Waals surface area contributed by atoms with E-state index >= 15 is 0 Å². The van der Waals surface area contributed by atoms with Gasteiger partial charge < -0.3 is 9.80 Å². The van der Waals surface area contributed by atoms with Crippen LogP contribution >= 0.6 is 0 Å². The van der Waals surface area contributed by atoms with E-state index in [1.54, 1.807) is 6.07 Å². The topological polar surface area (TPSA) is 83.8 Å². The second-order valence-electron chi connectivity index (χ2n) is 8.89. The number of aryl methyl sites for hydroxylation is 1. The van der Waals surface area contributed by atoms with Crippen molar-refractivity contribution in [3.8, 4) is 0 Å². The molecule has 1 atom stereocenters. The molecule has 1 aliphatic rings. The predicted octanol–water partition coefficient (Wildman–Crippen LogP) is 5.10. The van der Waals surface area contributed by atoms with E-state index in [9.17, 15) is 32.9 Å². The molecule has 1 heterocycles. The Morgan fingerprint density at radius 1 is 0.973 bits per heavy atom. The summed E-state index contributed by atoms with van der Waals surface area (Å²) in [7, 11) is 0. The number of piperazine rings is 1. The number of nitro benzene ring substituents is 1. The van der Waals surface area contributed by atoms with Gasteiger partial charge >= 0.3 is 6.18 Å². The number of hydrogen-bond donors (Lipinski definition) is 0. The van der Waals surface area contributed by atoms with E-state index in [1.807, 2.05) is 30.3 Å². The molecule has 7 nitrogen and oxygen atoms in total. The molecule has 1 fully saturated rings. The van der Waals surface area contributed by atoms with Crippen molar-refractivity contribution in [1.29, 1.82) is 0 Å². The van der Waals surface area contributed by atoms with E-state index in [0.29, 0.717) is 18.4 Å². The van der Waals surface area contributed by atoms with Crippen LogP contribution in [0.5, 0.6) is 0 Å². The van der Waals surface area contributed by atoms with Gasteiger partial charge in [-0.25, -0.2) is 0 Å².